The molecule has 0 bridgehead atoms. The first-order chi connectivity index (χ1) is 15.7. The molecule has 0 amide bonds. The van der Waals surface area contributed by atoms with Crippen molar-refractivity contribution in [2.45, 2.75) is 46.6 Å². The summed E-state index contributed by atoms with van der Waals surface area (Å²) in [5.74, 6) is -1.68. The predicted octanol–water partition coefficient (Wildman–Crippen LogP) is 3.71. The zero-order valence-corrected chi connectivity index (χ0v) is 19.9. The van der Waals surface area contributed by atoms with Crippen LogP contribution in [0.1, 0.15) is 46.1 Å². The first-order valence-corrected chi connectivity index (χ1v) is 10.8. The predicted molar refractivity (Wildman–Crippen MR) is 119 cm³/mol. The molecule has 0 aliphatic carbocycles. The van der Waals surface area contributed by atoms with Crippen molar-refractivity contribution in [3.63, 3.8) is 0 Å². The van der Waals surface area contributed by atoms with Gasteiger partial charge in [-0.3, -0.25) is 0 Å². The van der Waals surface area contributed by atoms with E-state index in [9.17, 15) is 14.9 Å². The summed E-state index contributed by atoms with van der Waals surface area (Å²) in [6.07, 6.45) is -0.946. The van der Waals surface area contributed by atoms with Crippen LogP contribution in [0.25, 0.3) is 0 Å². The highest BCUT2D eigenvalue weighted by Crippen LogP contribution is 2.45. The average Bonchev–Trinajstić information content (AvgIpc) is 2.75. The van der Waals surface area contributed by atoms with Gasteiger partial charge in [0.25, 0.3) is 0 Å². The molecule has 2 atom stereocenters. The number of hydrogen-bond acceptors (Lipinski definition) is 9. The topological polar surface area (TPSA) is 130 Å². The number of halogens is 1. The molecule has 2 rings (SSSR count). The fourth-order valence-electron chi connectivity index (χ4n) is 3.30. The number of carbonyl (C=O) groups is 2. The van der Waals surface area contributed by atoms with Gasteiger partial charge in [-0.2, -0.15) is 5.26 Å². The molecule has 1 aromatic carbocycles. The summed E-state index contributed by atoms with van der Waals surface area (Å²) >= 11 is 6.52. The van der Waals surface area contributed by atoms with Gasteiger partial charge in [0.2, 0.25) is 5.88 Å². The van der Waals surface area contributed by atoms with Crippen molar-refractivity contribution in [2.75, 3.05) is 19.8 Å². The van der Waals surface area contributed by atoms with Crippen molar-refractivity contribution in [3.8, 4) is 17.6 Å². The van der Waals surface area contributed by atoms with Crippen molar-refractivity contribution >= 4 is 23.5 Å². The zero-order valence-electron chi connectivity index (χ0n) is 19.2. The molecule has 0 saturated carbocycles. The summed E-state index contributed by atoms with van der Waals surface area (Å²) in [5, 5.41) is 9.86. The van der Waals surface area contributed by atoms with Crippen LogP contribution in [0.3, 0.4) is 0 Å². The molecule has 178 valence electrons. The third kappa shape index (κ3) is 5.71. The second kappa shape index (κ2) is 11.5. The fraction of sp³-hybridized carbons (Fsp3) is 0.435. The average molecular weight is 479 g/mol. The van der Waals surface area contributed by atoms with E-state index < -0.39 is 24.0 Å². The second-order valence-electron chi connectivity index (χ2n) is 6.89. The maximum absolute atomic E-state index is 12.7. The summed E-state index contributed by atoms with van der Waals surface area (Å²) < 4.78 is 27.0. The SMILES string of the molecule is CCOC(=O)C1=C(C)OC(N)=C(C#N)C1c1cc(Cl)c(OC(C)C(=O)OCC)c(OCC)c1. The van der Waals surface area contributed by atoms with Crippen LogP contribution in [-0.2, 0) is 23.8 Å². The molecule has 1 heterocycles. The van der Waals surface area contributed by atoms with E-state index in [4.69, 9.17) is 41.0 Å². The Morgan fingerprint density at radius 2 is 1.88 bits per heavy atom. The smallest absolute Gasteiger partial charge is 0.347 e. The van der Waals surface area contributed by atoms with Crippen LogP contribution in [0.5, 0.6) is 11.5 Å². The number of allylic oxidation sites excluding steroid dienone is 2. The van der Waals surface area contributed by atoms with Crippen LogP contribution in [0.15, 0.2) is 34.9 Å². The van der Waals surface area contributed by atoms with Crippen molar-refractivity contribution in [1.29, 1.82) is 5.26 Å². The van der Waals surface area contributed by atoms with Crippen molar-refractivity contribution in [2.24, 2.45) is 5.73 Å². The molecule has 0 aromatic heterocycles. The maximum atomic E-state index is 12.7. The van der Waals surface area contributed by atoms with Gasteiger partial charge in [-0.25, -0.2) is 9.59 Å². The number of benzene rings is 1. The van der Waals surface area contributed by atoms with E-state index in [1.807, 2.05) is 6.07 Å². The standard InChI is InChI=1S/C23H27ClN2O7/c1-6-29-17-10-14(9-16(24)20(17)32-13(5)22(27)30-7-2)19-15(11-25)21(26)33-12(4)18(19)23(28)31-8-3/h9-10,13,19H,6-8,26H2,1-5H3. The summed E-state index contributed by atoms with van der Waals surface area (Å²) in [5.41, 5.74) is 6.52. The Bertz CT molecular complexity index is 1030. The molecule has 2 unspecified atom stereocenters. The lowest BCUT2D eigenvalue weighted by atomic mass is 9.83. The van der Waals surface area contributed by atoms with Crippen LogP contribution in [0.4, 0.5) is 0 Å². The fourth-order valence-corrected chi connectivity index (χ4v) is 3.57. The molecule has 33 heavy (non-hydrogen) atoms. The van der Waals surface area contributed by atoms with Gasteiger partial charge in [0, 0.05) is 0 Å². The molecule has 0 fully saturated rings. The molecule has 1 aliphatic heterocycles. The lowest BCUT2D eigenvalue weighted by molar-refractivity contribution is -0.150. The number of nitriles is 1. The number of carbonyl (C=O) groups excluding carboxylic acids is 2. The number of hydrogen-bond donors (Lipinski definition) is 1. The van der Waals surface area contributed by atoms with Gasteiger partial charge in [-0.05, 0) is 52.3 Å². The normalized spacial score (nSPS) is 16.5. The molecule has 9 nitrogen and oxygen atoms in total. The molecule has 10 heteroatoms. The summed E-state index contributed by atoms with van der Waals surface area (Å²) in [6.45, 7) is 8.81. The van der Waals surface area contributed by atoms with Crippen LogP contribution >= 0.6 is 11.6 Å². The van der Waals surface area contributed by atoms with Crippen molar-refractivity contribution < 1.29 is 33.3 Å². The zero-order chi connectivity index (χ0) is 24.7. The highest BCUT2D eigenvalue weighted by molar-refractivity contribution is 6.32. The number of rotatable bonds is 9. The van der Waals surface area contributed by atoms with Crippen molar-refractivity contribution in [3.05, 3.63) is 45.5 Å². The van der Waals surface area contributed by atoms with Gasteiger partial charge < -0.3 is 29.4 Å². The Labute approximate surface area is 197 Å². The first kappa shape index (κ1) is 25.9. The van der Waals surface area contributed by atoms with Gasteiger partial charge in [-0.1, -0.05) is 11.6 Å². The number of esters is 2. The van der Waals surface area contributed by atoms with E-state index in [0.29, 0.717) is 5.56 Å². The Balaban J connectivity index is 2.63. The Morgan fingerprint density at radius 1 is 1.21 bits per heavy atom. The Kier molecular flexibility index (Phi) is 9.00. The van der Waals surface area contributed by atoms with Gasteiger partial charge in [0.1, 0.15) is 17.4 Å². The number of nitrogens with two attached hydrogens (primary N) is 1. The number of nitrogens with zero attached hydrogens (tertiary/aromatic N) is 1. The summed E-state index contributed by atoms with van der Waals surface area (Å²) in [7, 11) is 0. The van der Waals surface area contributed by atoms with Crippen LogP contribution in [0, 0.1) is 11.3 Å². The van der Waals surface area contributed by atoms with Crippen LogP contribution < -0.4 is 15.2 Å². The minimum absolute atomic E-state index is 0.0238. The van der Waals surface area contributed by atoms with Crippen molar-refractivity contribution in [1.82, 2.24) is 0 Å². The highest BCUT2D eigenvalue weighted by Gasteiger charge is 2.37. The lowest BCUT2D eigenvalue weighted by Crippen LogP contribution is -2.27. The van der Waals surface area contributed by atoms with E-state index in [0.717, 1.165) is 0 Å². The van der Waals surface area contributed by atoms with E-state index in [2.05, 4.69) is 0 Å². The molecule has 0 saturated heterocycles. The van der Waals surface area contributed by atoms with Crippen LogP contribution in [0.2, 0.25) is 5.02 Å². The molecule has 0 radical (unpaired) electrons. The van der Waals surface area contributed by atoms with E-state index in [1.54, 1.807) is 33.8 Å². The minimum Gasteiger partial charge on any atom is -0.490 e. The van der Waals surface area contributed by atoms with E-state index >= 15 is 0 Å². The summed E-state index contributed by atoms with van der Waals surface area (Å²) in [4.78, 5) is 24.7. The third-order valence-electron chi connectivity index (χ3n) is 4.68. The molecular formula is C23H27ClN2O7. The lowest BCUT2D eigenvalue weighted by Gasteiger charge is -2.27. The quantitative estimate of drug-likeness (QED) is 0.527. The van der Waals surface area contributed by atoms with Crippen LogP contribution in [-0.4, -0.2) is 37.9 Å². The van der Waals surface area contributed by atoms with Gasteiger partial charge in [-0.15, -0.1) is 0 Å². The minimum atomic E-state index is -0.946. The van der Waals surface area contributed by atoms with E-state index in [1.165, 1.54) is 13.0 Å². The largest absolute Gasteiger partial charge is 0.490 e. The van der Waals surface area contributed by atoms with E-state index in [-0.39, 0.29) is 59.1 Å². The Morgan fingerprint density at radius 3 is 2.45 bits per heavy atom. The highest BCUT2D eigenvalue weighted by atomic mass is 35.5. The Hall–Kier alpha value is -3.38. The third-order valence-corrected chi connectivity index (χ3v) is 4.96. The molecule has 0 spiro atoms. The molecule has 1 aliphatic rings. The molecular weight excluding hydrogens is 452 g/mol. The number of ether oxygens (including phenoxy) is 5. The molecule has 1 aromatic rings. The molecule has 2 N–H and O–H groups in total. The second-order valence-corrected chi connectivity index (χ2v) is 7.30. The van der Waals surface area contributed by atoms with Gasteiger partial charge in [0.15, 0.2) is 17.6 Å². The first-order valence-electron chi connectivity index (χ1n) is 10.4. The van der Waals surface area contributed by atoms with Gasteiger partial charge in [0.05, 0.1) is 36.3 Å². The van der Waals surface area contributed by atoms with Gasteiger partial charge >= 0.3 is 11.9 Å². The monoisotopic (exact) mass is 478 g/mol. The maximum Gasteiger partial charge on any atom is 0.347 e. The summed E-state index contributed by atoms with van der Waals surface area (Å²) in [6, 6.07) is 5.11.